The fraction of sp³-hybridized carbons (Fsp3) is 0.625. The molecule has 0 fully saturated rings. The Bertz CT molecular complexity index is 160. The van der Waals surface area contributed by atoms with Crippen LogP contribution in [0.15, 0.2) is 12.7 Å². The predicted octanol–water partition coefficient (Wildman–Crippen LogP) is 1.80. The highest BCUT2D eigenvalue weighted by Crippen LogP contribution is 2.18. The SMILES string of the molecule is C=CCN(C)C(=O)C(C)(C)Br. The minimum Gasteiger partial charge on any atom is -0.341 e. The number of halogens is 1. The third kappa shape index (κ3) is 3.56. The van der Waals surface area contributed by atoms with E-state index in [0.29, 0.717) is 6.54 Å². The van der Waals surface area contributed by atoms with Crippen molar-refractivity contribution in [2.24, 2.45) is 0 Å². The first-order valence-electron chi connectivity index (χ1n) is 3.45. The van der Waals surface area contributed by atoms with E-state index in [2.05, 4.69) is 22.5 Å². The lowest BCUT2D eigenvalue weighted by atomic mass is 10.2. The summed E-state index contributed by atoms with van der Waals surface area (Å²) in [6.07, 6.45) is 1.70. The quantitative estimate of drug-likeness (QED) is 0.524. The smallest absolute Gasteiger partial charge is 0.238 e. The molecule has 0 rings (SSSR count). The monoisotopic (exact) mass is 219 g/mol. The number of rotatable bonds is 3. The normalized spacial score (nSPS) is 10.9. The molecule has 0 saturated heterocycles. The Kier molecular flexibility index (Phi) is 3.79. The highest BCUT2D eigenvalue weighted by molar-refractivity contribution is 9.10. The van der Waals surface area contributed by atoms with Gasteiger partial charge >= 0.3 is 0 Å². The molecule has 0 unspecified atom stereocenters. The van der Waals surface area contributed by atoms with Crippen molar-refractivity contribution in [2.45, 2.75) is 18.2 Å². The molecule has 0 aliphatic rings. The van der Waals surface area contributed by atoms with Crippen molar-refractivity contribution in [3.63, 3.8) is 0 Å². The van der Waals surface area contributed by atoms with Crippen molar-refractivity contribution < 1.29 is 4.79 Å². The molecule has 0 aromatic rings. The number of hydrogen-bond donors (Lipinski definition) is 0. The number of alkyl halides is 1. The molecule has 64 valence electrons. The number of likely N-dealkylation sites (N-methyl/N-ethyl adjacent to an activating group) is 1. The second-order valence-corrected chi connectivity index (χ2v) is 4.93. The Hall–Kier alpha value is -0.310. The number of carbonyl (C=O) groups is 1. The van der Waals surface area contributed by atoms with Crippen LogP contribution in [-0.4, -0.2) is 28.7 Å². The maximum absolute atomic E-state index is 11.4. The van der Waals surface area contributed by atoms with Crippen molar-refractivity contribution in [1.29, 1.82) is 0 Å². The first-order chi connectivity index (χ1) is 4.89. The van der Waals surface area contributed by atoms with Gasteiger partial charge in [-0.3, -0.25) is 4.79 Å². The van der Waals surface area contributed by atoms with Crippen LogP contribution in [0.5, 0.6) is 0 Å². The number of hydrogen-bond acceptors (Lipinski definition) is 1. The third-order valence-corrected chi connectivity index (χ3v) is 1.60. The lowest BCUT2D eigenvalue weighted by Gasteiger charge is -2.23. The molecule has 0 bridgehead atoms. The average molecular weight is 220 g/mol. The summed E-state index contributed by atoms with van der Waals surface area (Å²) in [6, 6.07) is 0. The summed E-state index contributed by atoms with van der Waals surface area (Å²) < 4.78 is -0.468. The van der Waals surface area contributed by atoms with Crippen LogP contribution < -0.4 is 0 Å². The van der Waals surface area contributed by atoms with Crippen LogP contribution in [0, 0.1) is 0 Å². The molecule has 3 heteroatoms. The Morgan fingerprint density at radius 1 is 1.73 bits per heavy atom. The Morgan fingerprint density at radius 2 is 2.18 bits per heavy atom. The Labute approximate surface area is 76.4 Å². The van der Waals surface area contributed by atoms with E-state index in [-0.39, 0.29) is 5.91 Å². The molecule has 0 aliphatic carbocycles. The highest BCUT2D eigenvalue weighted by atomic mass is 79.9. The summed E-state index contributed by atoms with van der Waals surface area (Å²) in [6.45, 7) is 7.80. The van der Waals surface area contributed by atoms with E-state index in [1.807, 2.05) is 13.8 Å². The van der Waals surface area contributed by atoms with E-state index >= 15 is 0 Å². The number of nitrogens with zero attached hydrogens (tertiary/aromatic N) is 1. The maximum Gasteiger partial charge on any atom is 0.238 e. The molecular formula is C8H14BrNO. The van der Waals surface area contributed by atoms with E-state index in [4.69, 9.17) is 0 Å². The van der Waals surface area contributed by atoms with Crippen LogP contribution in [0.2, 0.25) is 0 Å². The topological polar surface area (TPSA) is 20.3 Å². The van der Waals surface area contributed by atoms with E-state index in [9.17, 15) is 4.79 Å². The van der Waals surface area contributed by atoms with Gasteiger partial charge < -0.3 is 4.90 Å². The van der Waals surface area contributed by atoms with Gasteiger partial charge in [0.1, 0.15) is 0 Å². The highest BCUT2D eigenvalue weighted by Gasteiger charge is 2.26. The first-order valence-corrected chi connectivity index (χ1v) is 4.24. The van der Waals surface area contributed by atoms with Crippen LogP contribution in [0.3, 0.4) is 0 Å². The summed E-state index contributed by atoms with van der Waals surface area (Å²) in [5.74, 6) is 0.0670. The van der Waals surface area contributed by atoms with Crippen molar-refractivity contribution in [2.75, 3.05) is 13.6 Å². The summed E-state index contributed by atoms with van der Waals surface area (Å²) in [7, 11) is 1.76. The van der Waals surface area contributed by atoms with Gasteiger partial charge in [0.2, 0.25) is 5.91 Å². The van der Waals surface area contributed by atoms with Gasteiger partial charge in [-0.1, -0.05) is 22.0 Å². The van der Waals surface area contributed by atoms with Crippen molar-refractivity contribution >= 4 is 21.8 Å². The molecule has 0 atom stereocenters. The molecule has 1 amide bonds. The van der Waals surface area contributed by atoms with Crippen LogP contribution >= 0.6 is 15.9 Å². The molecule has 0 radical (unpaired) electrons. The summed E-state index contributed by atoms with van der Waals surface area (Å²) >= 11 is 3.29. The molecule has 2 nitrogen and oxygen atoms in total. The maximum atomic E-state index is 11.4. The van der Waals surface area contributed by atoms with Gasteiger partial charge in [-0.15, -0.1) is 6.58 Å². The zero-order chi connectivity index (χ0) is 9.07. The molecule has 11 heavy (non-hydrogen) atoms. The molecular weight excluding hydrogens is 206 g/mol. The van der Waals surface area contributed by atoms with Crippen LogP contribution in [0.25, 0.3) is 0 Å². The molecule has 0 aromatic carbocycles. The van der Waals surface area contributed by atoms with Crippen LogP contribution in [0.1, 0.15) is 13.8 Å². The lowest BCUT2D eigenvalue weighted by Crippen LogP contribution is -2.39. The number of carbonyl (C=O) groups excluding carboxylic acids is 1. The van der Waals surface area contributed by atoms with Gasteiger partial charge in [0.25, 0.3) is 0 Å². The van der Waals surface area contributed by atoms with Gasteiger partial charge in [-0.05, 0) is 13.8 Å². The zero-order valence-corrected chi connectivity index (χ0v) is 8.81. The van der Waals surface area contributed by atoms with Gasteiger partial charge in [-0.25, -0.2) is 0 Å². The Morgan fingerprint density at radius 3 is 2.45 bits per heavy atom. The number of amides is 1. The van der Waals surface area contributed by atoms with Gasteiger partial charge in [0.05, 0.1) is 4.32 Å². The van der Waals surface area contributed by atoms with E-state index in [0.717, 1.165) is 0 Å². The van der Waals surface area contributed by atoms with Gasteiger partial charge in [-0.2, -0.15) is 0 Å². The summed E-state index contributed by atoms with van der Waals surface area (Å²) in [4.78, 5) is 13.0. The van der Waals surface area contributed by atoms with Crippen molar-refractivity contribution in [3.05, 3.63) is 12.7 Å². The second-order valence-electron chi connectivity index (χ2n) is 2.95. The second kappa shape index (κ2) is 3.90. The largest absolute Gasteiger partial charge is 0.341 e. The third-order valence-electron chi connectivity index (χ3n) is 1.26. The first kappa shape index (κ1) is 10.7. The Balaban J connectivity index is 4.13. The molecule has 0 saturated carbocycles. The summed E-state index contributed by atoms with van der Waals surface area (Å²) in [5, 5.41) is 0. The molecule has 0 heterocycles. The van der Waals surface area contributed by atoms with Gasteiger partial charge in [0, 0.05) is 13.6 Å². The van der Waals surface area contributed by atoms with E-state index in [1.54, 1.807) is 18.0 Å². The lowest BCUT2D eigenvalue weighted by molar-refractivity contribution is -0.130. The fourth-order valence-corrected chi connectivity index (χ4v) is 1.03. The molecule has 0 aliphatic heterocycles. The van der Waals surface area contributed by atoms with E-state index < -0.39 is 4.32 Å². The van der Waals surface area contributed by atoms with Crippen LogP contribution in [-0.2, 0) is 4.79 Å². The molecule has 0 spiro atoms. The van der Waals surface area contributed by atoms with Gasteiger partial charge in [0.15, 0.2) is 0 Å². The zero-order valence-electron chi connectivity index (χ0n) is 7.22. The minimum absolute atomic E-state index is 0.0670. The standard InChI is InChI=1S/C8H14BrNO/c1-5-6-10(4)7(11)8(2,3)9/h5H,1,6H2,2-4H3. The van der Waals surface area contributed by atoms with E-state index in [1.165, 1.54) is 0 Å². The van der Waals surface area contributed by atoms with Crippen molar-refractivity contribution in [1.82, 2.24) is 4.90 Å². The average Bonchev–Trinajstić information content (AvgIpc) is 1.85. The fourth-order valence-electron chi connectivity index (χ4n) is 0.730. The molecule has 0 aromatic heterocycles. The van der Waals surface area contributed by atoms with Crippen molar-refractivity contribution in [3.8, 4) is 0 Å². The minimum atomic E-state index is -0.468. The predicted molar refractivity (Wildman–Crippen MR) is 50.8 cm³/mol. The van der Waals surface area contributed by atoms with Crippen LogP contribution in [0.4, 0.5) is 0 Å². The summed E-state index contributed by atoms with van der Waals surface area (Å²) in [5.41, 5.74) is 0. The molecule has 0 N–H and O–H groups in total.